The van der Waals surface area contributed by atoms with Crippen LogP contribution in [0.1, 0.15) is 26.2 Å². The Labute approximate surface area is 105 Å². The zero-order chi connectivity index (χ0) is 13.4. The molecule has 2 atom stereocenters. The lowest BCUT2D eigenvalue weighted by molar-refractivity contribution is -0.143. The van der Waals surface area contributed by atoms with Gasteiger partial charge >= 0.3 is 12.1 Å². The van der Waals surface area contributed by atoms with Gasteiger partial charge in [0.2, 0.25) is 0 Å². The summed E-state index contributed by atoms with van der Waals surface area (Å²) in [6.07, 6.45) is 2.83. The molecule has 0 aromatic carbocycles. The number of hydrogen-bond acceptors (Lipinski definition) is 6. The third-order valence-corrected chi connectivity index (χ3v) is 2.40. The minimum absolute atomic E-state index is 0.270. The van der Waals surface area contributed by atoms with Crippen molar-refractivity contribution in [3.8, 4) is 0 Å². The predicted octanol–water partition coefficient (Wildman–Crippen LogP) is 1.38. The van der Waals surface area contributed by atoms with E-state index in [-0.39, 0.29) is 12.4 Å². The summed E-state index contributed by atoms with van der Waals surface area (Å²) in [4.78, 5) is 32.3. The van der Waals surface area contributed by atoms with Crippen molar-refractivity contribution in [2.45, 2.75) is 38.4 Å². The summed E-state index contributed by atoms with van der Waals surface area (Å²) in [6.45, 7) is 2.09. The normalized spacial score (nSPS) is 22.6. The number of allylic oxidation sites excluding steroid dienone is 1. The van der Waals surface area contributed by atoms with E-state index in [1.54, 1.807) is 6.92 Å². The summed E-state index contributed by atoms with van der Waals surface area (Å²) >= 11 is 0. The molecule has 1 saturated heterocycles. The maximum absolute atomic E-state index is 11.1. The molecule has 1 aliphatic heterocycles. The monoisotopic (exact) mass is 256 g/mol. The molecule has 0 N–H and O–H groups in total. The Morgan fingerprint density at radius 1 is 1.44 bits per heavy atom. The smallest absolute Gasteiger partial charge is 0.466 e. The van der Waals surface area contributed by atoms with Crippen LogP contribution in [0.5, 0.6) is 0 Å². The summed E-state index contributed by atoms with van der Waals surface area (Å²) in [5.41, 5.74) is 0. The number of carbonyl (C=O) groups is 3. The van der Waals surface area contributed by atoms with Gasteiger partial charge in [0.1, 0.15) is 12.4 Å². The largest absolute Gasteiger partial charge is 0.509 e. The molecule has 1 aliphatic rings. The average Bonchev–Trinajstić information content (AvgIpc) is 2.67. The van der Waals surface area contributed by atoms with Gasteiger partial charge in [0.25, 0.3) is 0 Å². The summed E-state index contributed by atoms with van der Waals surface area (Å²) in [5.74, 6) is -0.275. The molecule has 0 bridgehead atoms. The lowest BCUT2D eigenvalue weighted by atomic mass is 10.1. The molecule has 6 heteroatoms. The number of hydrogen-bond donors (Lipinski definition) is 0. The zero-order valence-electron chi connectivity index (χ0n) is 10.2. The molecule has 1 fully saturated rings. The van der Waals surface area contributed by atoms with Crippen molar-refractivity contribution in [3.63, 3.8) is 0 Å². The average molecular weight is 256 g/mol. The highest BCUT2D eigenvalue weighted by Gasteiger charge is 2.34. The van der Waals surface area contributed by atoms with E-state index < -0.39 is 18.4 Å². The van der Waals surface area contributed by atoms with Crippen LogP contribution in [-0.4, -0.2) is 37.2 Å². The summed E-state index contributed by atoms with van der Waals surface area (Å²) in [5, 5.41) is 0. The predicted molar refractivity (Wildman–Crippen MR) is 60.8 cm³/mol. The molecule has 0 amide bonds. The number of cyclic esters (lactones) is 2. The third kappa shape index (κ3) is 4.57. The number of esters is 1. The fourth-order valence-corrected chi connectivity index (χ4v) is 1.63. The maximum atomic E-state index is 11.1. The fourth-order valence-electron chi connectivity index (χ4n) is 1.63. The molecule has 0 radical (unpaired) electrons. The second-order valence-corrected chi connectivity index (χ2v) is 3.71. The number of ether oxygens (including phenoxy) is 3. The van der Waals surface area contributed by atoms with E-state index in [4.69, 9.17) is 14.2 Å². The molecular formula is C12H16O6. The Morgan fingerprint density at radius 2 is 2.22 bits per heavy atom. The van der Waals surface area contributed by atoms with Gasteiger partial charge in [-0.15, -0.1) is 0 Å². The third-order valence-electron chi connectivity index (χ3n) is 2.40. The Hall–Kier alpha value is -1.85. The lowest BCUT2D eigenvalue weighted by Gasteiger charge is -2.11. The first kappa shape index (κ1) is 14.2. The van der Waals surface area contributed by atoms with Gasteiger partial charge < -0.3 is 14.2 Å². The molecule has 0 saturated carbocycles. The summed E-state index contributed by atoms with van der Waals surface area (Å²) < 4.78 is 14.6. The first-order valence-electron chi connectivity index (χ1n) is 5.82. The molecule has 0 spiro atoms. The molecule has 1 rings (SSSR count). The second kappa shape index (κ2) is 7.47. The molecular weight excluding hydrogens is 240 g/mol. The van der Waals surface area contributed by atoms with Crippen molar-refractivity contribution in [2.75, 3.05) is 6.61 Å². The lowest BCUT2D eigenvalue weighted by Crippen LogP contribution is -2.20. The Balaban J connectivity index is 2.35. The van der Waals surface area contributed by atoms with Gasteiger partial charge in [-0.3, -0.25) is 9.59 Å². The first-order chi connectivity index (χ1) is 8.67. The Morgan fingerprint density at radius 3 is 2.89 bits per heavy atom. The van der Waals surface area contributed by atoms with E-state index in [0.29, 0.717) is 25.7 Å². The molecule has 1 heterocycles. The van der Waals surface area contributed by atoms with Gasteiger partial charge in [0, 0.05) is 6.42 Å². The molecule has 100 valence electrons. The zero-order valence-corrected chi connectivity index (χ0v) is 10.2. The van der Waals surface area contributed by atoms with Crippen LogP contribution in [0, 0.1) is 0 Å². The van der Waals surface area contributed by atoms with Crippen molar-refractivity contribution in [2.24, 2.45) is 0 Å². The van der Waals surface area contributed by atoms with Crippen LogP contribution >= 0.6 is 0 Å². The van der Waals surface area contributed by atoms with Gasteiger partial charge in [0.05, 0.1) is 6.61 Å². The molecule has 0 aromatic rings. The van der Waals surface area contributed by atoms with E-state index in [0.717, 1.165) is 0 Å². The van der Waals surface area contributed by atoms with Crippen LogP contribution < -0.4 is 0 Å². The van der Waals surface area contributed by atoms with Gasteiger partial charge in [-0.2, -0.15) is 0 Å². The molecule has 18 heavy (non-hydrogen) atoms. The number of rotatable bonds is 7. The van der Waals surface area contributed by atoms with Crippen molar-refractivity contribution in [1.29, 1.82) is 0 Å². The quantitative estimate of drug-likeness (QED) is 0.389. The van der Waals surface area contributed by atoms with Crippen LogP contribution in [0.3, 0.4) is 0 Å². The maximum Gasteiger partial charge on any atom is 0.509 e. The minimum Gasteiger partial charge on any atom is -0.466 e. The van der Waals surface area contributed by atoms with Gasteiger partial charge in [0.15, 0.2) is 6.10 Å². The Kier molecular flexibility index (Phi) is 5.90. The SMILES string of the molecule is CCOC(=O)CCC[C@@H]1OC(=O)O[C@@H]1C=CC=O. The van der Waals surface area contributed by atoms with E-state index >= 15 is 0 Å². The Bertz CT molecular complexity index is 335. The van der Waals surface area contributed by atoms with Crippen molar-refractivity contribution < 1.29 is 28.6 Å². The van der Waals surface area contributed by atoms with Crippen molar-refractivity contribution in [3.05, 3.63) is 12.2 Å². The van der Waals surface area contributed by atoms with Gasteiger partial charge in [-0.1, -0.05) is 0 Å². The van der Waals surface area contributed by atoms with E-state index in [1.807, 2.05) is 0 Å². The minimum atomic E-state index is -0.753. The van der Waals surface area contributed by atoms with E-state index in [2.05, 4.69) is 0 Å². The van der Waals surface area contributed by atoms with Crippen LogP contribution in [-0.2, 0) is 23.8 Å². The van der Waals surface area contributed by atoms with Crippen LogP contribution in [0.15, 0.2) is 12.2 Å². The molecule has 0 aliphatic carbocycles. The van der Waals surface area contributed by atoms with Gasteiger partial charge in [-0.25, -0.2) is 4.79 Å². The van der Waals surface area contributed by atoms with E-state index in [9.17, 15) is 14.4 Å². The number of carbonyl (C=O) groups excluding carboxylic acids is 3. The standard InChI is InChI=1S/C12H16O6/c1-2-16-11(14)7-3-5-9-10(6-4-8-13)18-12(15)17-9/h4,6,8-10H,2-3,5,7H2,1H3/t9-,10+/m0/s1. The topological polar surface area (TPSA) is 78.9 Å². The molecule has 6 nitrogen and oxygen atoms in total. The highest BCUT2D eigenvalue weighted by Crippen LogP contribution is 2.21. The molecule has 0 unspecified atom stereocenters. The van der Waals surface area contributed by atoms with Crippen molar-refractivity contribution in [1.82, 2.24) is 0 Å². The first-order valence-corrected chi connectivity index (χ1v) is 5.82. The van der Waals surface area contributed by atoms with E-state index in [1.165, 1.54) is 12.2 Å². The van der Waals surface area contributed by atoms with Crippen molar-refractivity contribution >= 4 is 18.4 Å². The highest BCUT2D eigenvalue weighted by atomic mass is 16.8. The summed E-state index contributed by atoms with van der Waals surface area (Å²) in [7, 11) is 0. The van der Waals surface area contributed by atoms with Crippen LogP contribution in [0.4, 0.5) is 4.79 Å². The second-order valence-electron chi connectivity index (χ2n) is 3.71. The number of aldehydes is 1. The highest BCUT2D eigenvalue weighted by molar-refractivity contribution is 5.69. The van der Waals surface area contributed by atoms with Crippen LogP contribution in [0.25, 0.3) is 0 Å². The van der Waals surface area contributed by atoms with Gasteiger partial charge in [-0.05, 0) is 31.9 Å². The fraction of sp³-hybridized carbons (Fsp3) is 0.583. The van der Waals surface area contributed by atoms with Crippen LogP contribution in [0.2, 0.25) is 0 Å². The molecule has 0 aromatic heterocycles. The summed E-state index contributed by atoms with van der Waals surface area (Å²) in [6, 6.07) is 0.